The van der Waals surface area contributed by atoms with Crippen LogP contribution in [0.4, 0.5) is 0 Å². The Morgan fingerprint density at radius 1 is 1.35 bits per heavy atom. The van der Waals surface area contributed by atoms with Crippen molar-refractivity contribution in [1.82, 2.24) is 4.90 Å². The number of aryl methyl sites for hydroxylation is 1. The van der Waals surface area contributed by atoms with Gasteiger partial charge in [0.15, 0.2) is 0 Å². The van der Waals surface area contributed by atoms with Gasteiger partial charge in [-0.3, -0.25) is 4.79 Å². The van der Waals surface area contributed by atoms with Gasteiger partial charge in [0.2, 0.25) is 5.91 Å². The first-order valence-electron chi connectivity index (χ1n) is 10.1. The molecule has 142 valence electrons. The lowest BCUT2D eigenvalue weighted by atomic mass is 9.55. The molecule has 3 aliphatic rings. The quantitative estimate of drug-likeness (QED) is 0.854. The Labute approximate surface area is 156 Å². The molecule has 2 N–H and O–H groups in total. The molecule has 1 aromatic rings. The number of hydrogen-bond acceptors (Lipinski definition) is 3. The van der Waals surface area contributed by atoms with E-state index in [2.05, 4.69) is 13.0 Å². The van der Waals surface area contributed by atoms with Crippen LogP contribution in [-0.4, -0.2) is 40.7 Å². The first-order chi connectivity index (χ1) is 12.4. The zero-order valence-corrected chi connectivity index (χ0v) is 16.1. The van der Waals surface area contributed by atoms with Crippen molar-refractivity contribution in [3.05, 3.63) is 29.3 Å². The van der Waals surface area contributed by atoms with Gasteiger partial charge in [-0.05, 0) is 85.5 Å². The van der Waals surface area contributed by atoms with Crippen molar-refractivity contribution in [2.45, 2.75) is 58.0 Å². The topological polar surface area (TPSA) is 60.8 Å². The van der Waals surface area contributed by atoms with Crippen LogP contribution in [0.15, 0.2) is 18.2 Å². The number of fused-ring (bicyclic) bond motifs is 5. The van der Waals surface area contributed by atoms with E-state index in [9.17, 15) is 15.0 Å². The molecule has 1 aromatic carbocycles. The third-order valence-electron chi connectivity index (χ3n) is 7.88. The van der Waals surface area contributed by atoms with Crippen molar-refractivity contribution in [3.8, 4) is 5.75 Å². The molecule has 1 amide bonds. The summed E-state index contributed by atoms with van der Waals surface area (Å²) in [6.07, 6.45) is 4.41. The fourth-order valence-electron chi connectivity index (χ4n) is 6.26. The number of amides is 1. The fourth-order valence-corrected chi connectivity index (χ4v) is 6.26. The van der Waals surface area contributed by atoms with E-state index in [4.69, 9.17) is 0 Å². The monoisotopic (exact) mass is 357 g/mol. The molecular weight excluding hydrogens is 326 g/mol. The molecule has 0 radical (unpaired) electrons. The predicted octanol–water partition coefficient (Wildman–Crippen LogP) is 3.31. The summed E-state index contributed by atoms with van der Waals surface area (Å²) in [5, 5.41) is 20.9. The highest BCUT2D eigenvalue weighted by atomic mass is 16.3. The summed E-state index contributed by atoms with van der Waals surface area (Å²) in [6.45, 7) is 4.88. The number of benzene rings is 1. The molecule has 4 unspecified atom stereocenters. The van der Waals surface area contributed by atoms with Crippen LogP contribution in [-0.2, 0) is 11.2 Å². The summed E-state index contributed by atoms with van der Waals surface area (Å²) in [6, 6.07) is 5.83. The number of aliphatic hydroxyl groups is 1. The maximum absolute atomic E-state index is 12.8. The second-order valence-corrected chi connectivity index (χ2v) is 8.98. The van der Waals surface area contributed by atoms with Crippen LogP contribution in [0.5, 0.6) is 5.75 Å². The molecule has 4 nitrogen and oxygen atoms in total. The maximum Gasteiger partial charge on any atom is 0.228 e. The standard InChI is InChI=1S/C22H31NO3/c1-4-23(3)21(26)18-12-19-17-7-5-13-11-14(24)6-8-15(13)16(17)9-10-22(19,2)20(18)25/h6,8,11,16-20,24-25H,4-5,7,9-10,12H2,1-3H3/t16?,17?,18?,19?,20-,22-/m0/s1. The summed E-state index contributed by atoms with van der Waals surface area (Å²) in [4.78, 5) is 14.6. The molecule has 0 spiro atoms. The van der Waals surface area contributed by atoms with Crippen LogP contribution in [0, 0.1) is 23.2 Å². The lowest BCUT2D eigenvalue weighted by Crippen LogP contribution is -2.45. The molecule has 3 aliphatic carbocycles. The smallest absolute Gasteiger partial charge is 0.228 e. The molecule has 0 aliphatic heterocycles. The Hall–Kier alpha value is -1.55. The highest BCUT2D eigenvalue weighted by Crippen LogP contribution is 2.62. The van der Waals surface area contributed by atoms with Crippen molar-refractivity contribution in [2.24, 2.45) is 23.2 Å². The first-order valence-corrected chi connectivity index (χ1v) is 10.1. The number of nitrogens with zero attached hydrogens (tertiary/aromatic N) is 1. The Balaban J connectivity index is 1.64. The van der Waals surface area contributed by atoms with E-state index < -0.39 is 6.10 Å². The van der Waals surface area contributed by atoms with Gasteiger partial charge in [-0.25, -0.2) is 0 Å². The Bertz CT molecular complexity index is 717. The molecule has 2 saturated carbocycles. The first kappa shape index (κ1) is 17.8. The third-order valence-corrected chi connectivity index (χ3v) is 7.88. The van der Waals surface area contributed by atoms with Gasteiger partial charge in [0.05, 0.1) is 12.0 Å². The molecule has 0 saturated heterocycles. The van der Waals surface area contributed by atoms with Gasteiger partial charge in [0, 0.05) is 13.6 Å². The van der Waals surface area contributed by atoms with Crippen molar-refractivity contribution < 1.29 is 15.0 Å². The minimum atomic E-state index is -0.531. The summed E-state index contributed by atoms with van der Waals surface area (Å²) in [5.41, 5.74) is 2.52. The number of aliphatic hydroxyl groups excluding tert-OH is 1. The molecule has 0 heterocycles. The number of rotatable bonds is 2. The minimum absolute atomic E-state index is 0.105. The fraction of sp³-hybridized carbons (Fsp3) is 0.682. The average molecular weight is 357 g/mol. The summed E-state index contributed by atoms with van der Waals surface area (Å²) in [7, 11) is 1.84. The van der Waals surface area contributed by atoms with Gasteiger partial charge >= 0.3 is 0 Å². The normalized spacial score (nSPS) is 38.2. The Morgan fingerprint density at radius 2 is 2.12 bits per heavy atom. The second kappa shape index (κ2) is 6.26. The molecule has 6 atom stereocenters. The molecular formula is C22H31NO3. The molecule has 4 heteroatoms. The van der Waals surface area contributed by atoms with Gasteiger partial charge in [-0.2, -0.15) is 0 Å². The molecule has 4 rings (SSSR count). The van der Waals surface area contributed by atoms with Crippen LogP contribution in [0.1, 0.15) is 56.6 Å². The largest absolute Gasteiger partial charge is 0.508 e. The summed E-state index contributed by atoms with van der Waals surface area (Å²) >= 11 is 0. The van der Waals surface area contributed by atoms with Gasteiger partial charge < -0.3 is 15.1 Å². The average Bonchev–Trinajstić information content (AvgIpc) is 2.91. The van der Waals surface area contributed by atoms with Crippen molar-refractivity contribution in [3.63, 3.8) is 0 Å². The third kappa shape index (κ3) is 2.49. The predicted molar refractivity (Wildman–Crippen MR) is 101 cm³/mol. The lowest BCUT2D eigenvalue weighted by molar-refractivity contribution is -0.138. The van der Waals surface area contributed by atoms with Crippen LogP contribution in [0.3, 0.4) is 0 Å². The SMILES string of the molecule is CCN(C)C(=O)C1CC2C3CCc4cc(O)ccc4C3CC[C@]2(C)[C@H]1O. The van der Waals surface area contributed by atoms with E-state index in [1.165, 1.54) is 11.1 Å². The van der Waals surface area contributed by atoms with Crippen LogP contribution in [0.25, 0.3) is 0 Å². The van der Waals surface area contributed by atoms with E-state index in [0.29, 0.717) is 30.0 Å². The van der Waals surface area contributed by atoms with Crippen LogP contribution >= 0.6 is 0 Å². The molecule has 0 aromatic heterocycles. The number of hydrogen-bond donors (Lipinski definition) is 2. The second-order valence-electron chi connectivity index (χ2n) is 8.98. The zero-order chi connectivity index (χ0) is 18.6. The van der Waals surface area contributed by atoms with Crippen LogP contribution in [0.2, 0.25) is 0 Å². The zero-order valence-electron chi connectivity index (χ0n) is 16.1. The number of carbonyl (C=O) groups is 1. The van der Waals surface area contributed by atoms with Gasteiger partial charge in [0.1, 0.15) is 5.75 Å². The summed E-state index contributed by atoms with van der Waals surface area (Å²) in [5.74, 6) is 1.64. The number of phenols is 1. The van der Waals surface area contributed by atoms with Crippen molar-refractivity contribution in [1.29, 1.82) is 0 Å². The Kier molecular flexibility index (Phi) is 4.30. The highest BCUT2D eigenvalue weighted by molar-refractivity contribution is 5.79. The lowest BCUT2D eigenvalue weighted by Gasteiger charge is -2.50. The molecule has 2 fully saturated rings. The van der Waals surface area contributed by atoms with Gasteiger partial charge in [0.25, 0.3) is 0 Å². The van der Waals surface area contributed by atoms with E-state index in [1.807, 2.05) is 20.0 Å². The van der Waals surface area contributed by atoms with E-state index in [1.54, 1.807) is 11.0 Å². The summed E-state index contributed by atoms with van der Waals surface area (Å²) < 4.78 is 0. The highest BCUT2D eigenvalue weighted by Gasteiger charge is 2.59. The number of phenolic OH excluding ortho intramolecular Hbond substituents is 1. The Morgan fingerprint density at radius 3 is 2.85 bits per heavy atom. The van der Waals surface area contributed by atoms with Crippen LogP contribution < -0.4 is 0 Å². The number of aromatic hydroxyl groups is 1. The van der Waals surface area contributed by atoms with Crippen molar-refractivity contribution in [2.75, 3.05) is 13.6 Å². The van der Waals surface area contributed by atoms with E-state index >= 15 is 0 Å². The van der Waals surface area contributed by atoms with Gasteiger partial charge in [-0.15, -0.1) is 0 Å². The minimum Gasteiger partial charge on any atom is -0.508 e. The number of carbonyl (C=O) groups excluding carboxylic acids is 1. The maximum atomic E-state index is 12.8. The molecule has 26 heavy (non-hydrogen) atoms. The van der Waals surface area contributed by atoms with E-state index in [-0.39, 0.29) is 17.2 Å². The van der Waals surface area contributed by atoms with Gasteiger partial charge in [-0.1, -0.05) is 13.0 Å². The molecule has 0 bridgehead atoms. The van der Waals surface area contributed by atoms with E-state index in [0.717, 1.165) is 32.1 Å². The van der Waals surface area contributed by atoms with Crippen molar-refractivity contribution >= 4 is 5.91 Å².